The second kappa shape index (κ2) is 6.11. The molecule has 0 unspecified atom stereocenters. The number of carbonyl (C=O) groups is 1. The molecule has 0 fully saturated rings. The summed E-state index contributed by atoms with van der Waals surface area (Å²) >= 11 is 5.77. The number of rotatable bonds is 4. The minimum Gasteiger partial charge on any atom is -0.465 e. The smallest absolute Gasteiger partial charge is 0.337 e. The van der Waals surface area contributed by atoms with Gasteiger partial charge in [-0.1, -0.05) is 11.6 Å². The van der Waals surface area contributed by atoms with E-state index in [0.29, 0.717) is 5.02 Å². The van der Waals surface area contributed by atoms with Gasteiger partial charge in [0, 0.05) is 17.3 Å². The summed E-state index contributed by atoms with van der Waals surface area (Å²) in [4.78, 5) is 15.1. The lowest BCUT2D eigenvalue weighted by Gasteiger charge is -2.08. The fourth-order valence-electron chi connectivity index (χ4n) is 1.55. The summed E-state index contributed by atoms with van der Waals surface area (Å²) in [6, 6.07) is 8.27. The van der Waals surface area contributed by atoms with Gasteiger partial charge in [-0.25, -0.2) is 18.2 Å². The molecule has 0 bridgehead atoms. The number of nitrogens with one attached hydrogen (secondary N) is 1. The second-order valence-corrected chi connectivity index (χ2v) is 6.10. The minimum absolute atomic E-state index is 0.00284. The van der Waals surface area contributed by atoms with Crippen LogP contribution in [0.3, 0.4) is 0 Å². The lowest BCUT2D eigenvalue weighted by molar-refractivity contribution is 0.0600. The third-order valence-electron chi connectivity index (χ3n) is 2.55. The quantitative estimate of drug-likeness (QED) is 0.871. The number of anilines is 1. The standard InChI is InChI=1S/C13H11ClN2O4S/c1-20-13(17)9-2-4-11(5-3-9)21(18,19)16-12-8-10(14)6-7-15-12/h2-8H,1H3,(H,15,16). The van der Waals surface area contributed by atoms with Crippen LogP contribution in [-0.4, -0.2) is 26.5 Å². The Kier molecular flexibility index (Phi) is 4.44. The number of sulfonamides is 1. The fraction of sp³-hybridized carbons (Fsp3) is 0.0769. The number of carbonyl (C=O) groups excluding carboxylic acids is 1. The van der Waals surface area contributed by atoms with E-state index in [1.165, 1.54) is 49.7 Å². The molecule has 0 aliphatic heterocycles. The molecule has 8 heteroatoms. The van der Waals surface area contributed by atoms with Crippen LogP contribution in [0.15, 0.2) is 47.5 Å². The molecule has 0 amide bonds. The van der Waals surface area contributed by atoms with Crippen LogP contribution in [0.2, 0.25) is 5.02 Å². The molecular weight excluding hydrogens is 316 g/mol. The molecule has 1 heterocycles. The van der Waals surface area contributed by atoms with Gasteiger partial charge in [0.15, 0.2) is 0 Å². The number of ether oxygens (including phenoxy) is 1. The second-order valence-electron chi connectivity index (χ2n) is 3.98. The van der Waals surface area contributed by atoms with Crippen molar-refractivity contribution in [3.63, 3.8) is 0 Å². The molecule has 2 aromatic rings. The van der Waals surface area contributed by atoms with Gasteiger partial charge in [-0.2, -0.15) is 0 Å². The topological polar surface area (TPSA) is 85.4 Å². The van der Waals surface area contributed by atoms with E-state index in [0.717, 1.165) is 0 Å². The van der Waals surface area contributed by atoms with Crippen LogP contribution in [0, 0.1) is 0 Å². The van der Waals surface area contributed by atoms with Gasteiger partial charge in [0.25, 0.3) is 10.0 Å². The zero-order chi connectivity index (χ0) is 15.5. The molecule has 6 nitrogen and oxygen atoms in total. The minimum atomic E-state index is -3.80. The maximum atomic E-state index is 12.2. The third-order valence-corrected chi connectivity index (χ3v) is 4.15. The number of halogens is 1. The summed E-state index contributed by atoms with van der Waals surface area (Å²) in [6.45, 7) is 0. The molecule has 1 aromatic heterocycles. The Morgan fingerprint density at radius 2 is 1.90 bits per heavy atom. The van der Waals surface area contributed by atoms with Crippen molar-refractivity contribution in [1.29, 1.82) is 0 Å². The lowest BCUT2D eigenvalue weighted by Crippen LogP contribution is -2.14. The van der Waals surface area contributed by atoms with E-state index in [4.69, 9.17) is 11.6 Å². The molecule has 0 saturated carbocycles. The molecule has 2 rings (SSSR count). The van der Waals surface area contributed by atoms with Crippen molar-refractivity contribution in [3.8, 4) is 0 Å². The molecular formula is C13H11ClN2O4S. The summed E-state index contributed by atoms with van der Waals surface area (Å²) in [6.07, 6.45) is 1.39. The molecule has 0 atom stereocenters. The highest BCUT2D eigenvalue weighted by molar-refractivity contribution is 7.92. The van der Waals surface area contributed by atoms with Gasteiger partial charge in [0.1, 0.15) is 5.82 Å². The zero-order valence-electron chi connectivity index (χ0n) is 10.9. The monoisotopic (exact) mass is 326 g/mol. The normalized spacial score (nSPS) is 11.0. The molecule has 1 aromatic carbocycles. The van der Waals surface area contributed by atoms with E-state index in [9.17, 15) is 13.2 Å². The number of aromatic nitrogens is 1. The first-order valence-corrected chi connectivity index (χ1v) is 7.61. The van der Waals surface area contributed by atoms with Crippen molar-refractivity contribution in [3.05, 3.63) is 53.2 Å². The van der Waals surface area contributed by atoms with Crippen LogP contribution in [0.4, 0.5) is 5.82 Å². The van der Waals surface area contributed by atoms with Crippen LogP contribution < -0.4 is 4.72 Å². The van der Waals surface area contributed by atoms with E-state index >= 15 is 0 Å². The van der Waals surface area contributed by atoms with Crippen molar-refractivity contribution < 1.29 is 17.9 Å². The van der Waals surface area contributed by atoms with Gasteiger partial charge in [0.05, 0.1) is 17.6 Å². The van der Waals surface area contributed by atoms with Crippen LogP contribution in [0.1, 0.15) is 10.4 Å². The largest absolute Gasteiger partial charge is 0.465 e. The van der Waals surface area contributed by atoms with E-state index in [1.807, 2.05) is 0 Å². The fourth-order valence-corrected chi connectivity index (χ4v) is 2.70. The first-order valence-electron chi connectivity index (χ1n) is 5.75. The summed E-state index contributed by atoms with van der Waals surface area (Å²) in [5.41, 5.74) is 0.261. The van der Waals surface area contributed by atoms with Crippen LogP contribution in [0.25, 0.3) is 0 Å². The van der Waals surface area contributed by atoms with E-state index < -0.39 is 16.0 Å². The van der Waals surface area contributed by atoms with Crippen molar-refractivity contribution in [2.75, 3.05) is 11.8 Å². The Morgan fingerprint density at radius 3 is 2.48 bits per heavy atom. The van der Waals surface area contributed by atoms with Crippen molar-refractivity contribution in [2.24, 2.45) is 0 Å². The van der Waals surface area contributed by atoms with Gasteiger partial charge in [-0.15, -0.1) is 0 Å². The lowest BCUT2D eigenvalue weighted by atomic mass is 10.2. The van der Waals surface area contributed by atoms with Crippen LogP contribution in [0.5, 0.6) is 0 Å². The third kappa shape index (κ3) is 3.71. The average molecular weight is 327 g/mol. The summed E-state index contributed by atoms with van der Waals surface area (Å²) in [5.74, 6) is -0.428. The molecule has 0 saturated heterocycles. The Hall–Kier alpha value is -2.12. The molecule has 1 N–H and O–H groups in total. The van der Waals surface area contributed by atoms with E-state index in [1.54, 1.807) is 0 Å². The average Bonchev–Trinajstić information content (AvgIpc) is 2.46. The first kappa shape index (κ1) is 15.3. The molecule has 0 radical (unpaired) electrons. The zero-order valence-corrected chi connectivity index (χ0v) is 12.5. The predicted octanol–water partition coefficient (Wildman–Crippen LogP) is 2.32. The number of methoxy groups -OCH3 is 1. The molecule has 0 aliphatic carbocycles. The summed E-state index contributed by atoms with van der Waals surface area (Å²) in [5, 5.41) is 0.365. The Morgan fingerprint density at radius 1 is 1.24 bits per heavy atom. The van der Waals surface area contributed by atoms with Gasteiger partial charge in [-0.05, 0) is 30.3 Å². The van der Waals surface area contributed by atoms with Crippen LogP contribution in [-0.2, 0) is 14.8 Å². The van der Waals surface area contributed by atoms with Crippen LogP contribution >= 0.6 is 11.6 Å². The molecule has 0 aliphatic rings. The molecule has 21 heavy (non-hydrogen) atoms. The van der Waals surface area contributed by atoms with Crippen molar-refractivity contribution in [2.45, 2.75) is 4.90 Å². The SMILES string of the molecule is COC(=O)c1ccc(S(=O)(=O)Nc2cc(Cl)ccn2)cc1. The van der Waals surface area contributed by atoms with Crippen molar-refractivity contribution >= 4 is 33.4 Å². The number of benzene rings is 1. The Bertz CT molecular complexity index is 760. The number of esters is 1. The highest BCUT2D eigenvalue weighted by atomic mass is 35.5. The predicted molar refractivity (Wildman–Crippen MR) is 77.8 cm³/mol. The van der Waals surface area contributed by atoms with E-state index in [-0.39, 0.29) is 16.3 Å². The maximum absolute atomic E-state index is 12.2. The molecule has 110 valence electrons. The highest BCUT2D eigenvalue weighted by Crippen LogP contribution is 2.17. The Balaban J connectivity index is 2.25. The van der Waals surface area contributed by atoms with Gasteiger partial charge in [0.2, 0.25) is 0 Å². The maximum Gasteiger partial charge on any atom is 0.337 e. The number of hydrogen-bond donors (Lipinski definition) is 1. The first-order chi connectivity index (χ1) is 9.92. The number of nitrogens with zero attached hydrogens (tertiary/aromatic N) is 1. The van der Waals surface area contributed by atoms with Gasteiger partial charge < -0.3 is 4.74 Å². The van der Waals surface area contributed by atoms with Crippen molar-refractivity contribution in [1.82, 2.24) is 4.98 Å². The Labute approximate surface area is 126 Å². The van der Waals surface area contributed by atoms with Gasteiger partial charge >= 0.3 is 5.97 Å². The number of pyridine rings is 1. The number of hydrogen-bond acceptors (Lipinski definition) is 5. The van der Waals surface area contributed by atoms with E-state index in [2.05, 4.69) is 14.4 Å². The highest BCUT2D eigenvalue weighted by Gasteiger charge is 2.16. The summed E-state index contributed by atoms with van der Waals surface area (Å²) in [7, 11) is -2.55. The molecule has 0 spiro atoms. The van der Waals surface area contributed by atoms with Gasteiger partial charge in [-0.3, -0.25) is 4.72 Å². The summed E-state index contributed by atoms with van der Waals surface area (Å²) < 4.78 is 31.1.